The van der Waals surface area contributed by atoms with Gasteiger partial charge in [-0.3, -0.25) is 0 Å². The van der Waals surface area contributed by atoms with Crippen LogP contribution in [0.3, 0.4) is 0 Å². The lowest BCUT2D eigenvalue weighted by atomic mass is 10.2. The van der Waals surface area contributed by atoms with Gasteiger partial charge in [0.15, 0.2) is 23.1 Å². The summed E-state index contributed by atoms with van der Waals surface area (Å²) < 4.78 is 41.0. The van der Waals surface area contributed by atoms with E-state index in [2.05, 4.69) is 4.74 Å². The molecule has 0 fully saturated rings. The first-order valence-electron chi connectivity index (χ1n) is 6.59. The summed E-state index contributed by atoms with van der Waals surface area (Å²) in [5.41, 5.74) is -0.439. The second-order valence-corrected chi connectivity index (χ2v) is 4.47. The number of phenolic OH excluding ortho intramolecular Hbond substituents is 1. The maximum atomic E-state index is 14.0. The van der Waals surface area contributed by atoms with E-state index in [0.717, 1.165) is 25.3 Å². The SMILES string of the molecule is COC(=O)c1cccc(OCOC(=O)c2ccc(F)c(O)c2)c1F. The summed E-state index contributed by atoms with van der Waals surface area (Å²) in [5.74, 6) is -4.65. The summed E-state index contributed by atoms with van der Waals surface area (Å²) in [6.07, 6.45) is 0. The molecular weight excluding hydrogens is 326 g/mol. The maximum absolute atomic E-state index is 14.0. The van der Waals surface area contributed by atoms with Gasteiger partial charge in [0, 0.05) is 0 Å². The Balaban J connectivity index is 2.00. The molecule has 24 heavy (non-hydrogen) atoms. The third-order valence-corrected chi connectivity index (χ3v) is 2.95. The van der Waals surface area contributed by atoms with Crippen LogP contribution in [-0.4, -0.2) is 30.9 Å². The van der Waals surface area contributed by atoms with Crippen molar-refractivity contribution in [1.29, 1.82) is 0 Å². The first-order chi connectivity index (χ1) is 11.4. The summed E-state index contributed by atoms with van der Waals surface area (Å²) >= 11 is 0. The summed E-state index contributed by atoms with van der Waals surface area (Å²) in [7, 11) is 1.11. The lowest BCUT2D eigenvalue weighted by Gasteiger charge is -2.10. The van der Waals surface area contributed by atoms with Crippen molar-refractivity contribution < 1.29 is 37.7 Å². The number of aromatic hydroxyl groups is 1. The highest BCUT2D eigenvalue weighted by molar-refractivity contribution is 5.90. The van der Waals surface area contributed by atoms with Gasteiger partial charge >= 0.3 is 11.9 Å². The van der Waals surface area contributed by atoms with Crippen molar-refractivity contribution in [2.45, 2.75) is 0 Å². The van der Waals surface area contributed by atoms with Crippen molar-refractivity contribution in [2.24, 2.45) is 0 Å². The first-order valence-corrected chi connectivity index (χ1v) is 6.59. The van der Waals surface area contributed by atoms with Crippen LogP contribution in [-0.2, 0) is 9.47 Å². The normalized spacial score (nSPS) is 10.1. The van der Waals surface area contributed by atoms with E-state index < -0.39 is 36.1 Å². The van der Waals surface area contributed by atoms with Crippen LogP contribution in [0.4, 0.5) is 8.78 Å². The molecule has 0 aliphatic carbocycles. The molecule has 0 radical (unpaired) electrons. The van der Waals surface area contributed by atoms with Crippen LogP contribution in [0.15, 0.2) is 36.4 Å². The number of hydrogen-bond acceptors (Lipinski definition) is 6. The third-order valence-electron chi connectivity index (χ3n) is 2.95. The van der Waals surface area contributed by atoms with Crippen LogP contribution in [0.1, 0.15) is 20.7 Å². The van der Waals surface area contributed by atoms with Crippen molar-refractivity contribution in [3.05, 3.63) is 59.2 Å². The number of rotatable bonds is 5. The average molecular weight is 338 g/mol. The molecule has 0 amide bonds. The van der Waals surface area contributed by atoms with E-state index in [9.17, 15) is 23.5 Å². The zero-order valence-electron chi connectivity index (χ0n) is 12.4. The van der Waals surface area contributed by atoms with Gasteiger partial charge in [0.2, 0.25) is 6.79 Å². The van der Waals surface area contributed by atoms with Crippen LogP contribution in [0.5, 0.6) is 11.5 Å². The largest absolute Gasteiger partial charge is 0.505 e. The van der Waals surface area contributed by atoms with Gasteiger partial charge in [0.05, 0.1) is 18.2 Å². The zero-order valence-corrected chi connectivity index (χ0v) is 12.4. The molecule has 2 aromatic rings. The lowest BCUT2D eigenvalue weighted by molar-refractivity contribution is 0.0140. The molecule has 0 atom stereocenters. The summed E-state index contributed by atoms with van der Waals surface area (Å²) in [5, 5.41) is 9.19. The molecule has 0 saturated heterocycles. The third kappa shape index (κ3) is 3.78. The van der Waals surface area contributed by atoms with E-state index in [4.69, 9.17) is 9.47 Å². The van der Waals surface area contributed by atoms with Gasteiger partial charge in [-0.25, -0.2) is 18.4 Å². The Kier molecular flexibility index (Phi) is 5.31. The Hall–Kier alpha value is -3.16. The monoisotopic (exact) mass is 338 g/mol. The molecule has 0 aliphatic heterocycles. The van der Waals surface area contributed by atoms with Gasteiger partial charge in [0.1, 0.15) is 0 Å². The number of carbonyl (C=O) groups excluding carboxylic acids is 2. The molecule has 6 nitrogen and oxygen atoms in total. The van der Waals surface area contributed by atoms with Crippen molar-refractivity contribution >= 4 is 11.9 Å². The Labute approximate surface area is 135 Å². The smallest absolute Gasteiger partial charge is 0.341 e. The fourth-order valence-electron chi connectivity index (χ4n) is 1.76. The number of ether oxygens (including phenoxy) is 3. The van der Waals surface area contributed by atoms with Crippen LogP contribution < -0.4 is 4.74 Å². The Bertz CT molecular complexity index is 775. The number of benzene rings is 2. The van der Waals surface area contributed by atoms with E-state index >= 15 is 0 Å². The van der Waals surface area contributed by atoms with Crippen LogP contribution in [0.25, 0.3) is 0 Å². The molecule has 2 rings (SSSR count). The van der Waals surface area contributed by atoms with Crippen molar-refractivity contribution in [3.8, 4) is 11.5 Å². The molecule has 0 aromatic heterocycles. The molecule has 0 spiro atoms. The minimum absolute atomic E-state index is 0.110. The van der Waals surface area contributed by atoms with Gasteiger partial charge in [-0.15, -0.1) is 0 Å². The van der Waals surface area contributed by atoms with Gasteiger partial charge in [-0.1, -0.05) is 6.07 Å². The highest BCUT2D eigenvalue weighted by atomic mass is 19.1. The minimum Gasteiger partial charge on any atom is -0.505 e. The number of hydrogen-bond donors (Lipinski definition) is 1. The number of phenols is 1. The molecule has 126 valence electrons. The first kappa shape index (κ1) is 17.2. The fourth-order valence-corrected chi connectivity index (χ4v) is 1.76. The zero-order chi connectivity index (χ0) is 17.7. The molecule has 0 bridgehead atoms. The quantitative estimate of drug-likeness (QED) is 0.667. The predicted octanol–water partition coefficient (Wildman–Crippen LogP) is 2.65. The van der Waals surface area contributed by atoms with Crippen molar-refractivity contribution in [3.63, 3.8) is 0 Å². The fraction of sp³-hybridized carbons (Fsp3) is 0.125. The molecule has 0 saturated carbocycles. The average Bonchev–Trinajstić information content (AvgIpc) is 2.58. The van der Waals surface area contributed by atoms with E-state index in [1.54, 1.807) is 0 Å². The van der Waals surface area contributed by atoms with E-state index in [0.29, 0.717) is 0 Å². The van der Waals surface area contributed by atoms with E-state index in [1.807, 2.05) is 0 Å². The number of carbonyl (C=O) groups is 2. The molecule has 1 N–H and O–H groups in total. The molecule has 0 aliphatic rings. The van der Waals surface area contributed by atoms with E-state index in [-0.39, 0.29) is 16.9 Å². The van der Waals surface area contributed by atoms with Gasteiger partial charge in [0.25, 0.3) is 0 Å². The molecular formula is C16H12F2O6. The second-order valence-electron chi connectivity index (χ2n) is 4.47. The summed E-state index contributed by atoms with van der Waals surface area (Å²) in [4.78, 5) is 23.1. The van der Waals surface area contributed by atoms with Crippen LogP contribution in [0.2, 0.25) is 0 Å². The van der Waals surface area contributed by atoms with Crippen LogP contribution in [0, 0.1) is 11.6 Å². The Morgan fingerprint density at radius 2 is 1.88 bits per heavy atom. The summed E-state index contributed by atoms with van der Waals surface area (Å²) in [6, 6.07) is 6.70. The molecule has 0 heterocycles. The highest BCUT2D eigenvalue weighted by Crippen LogP contribution is 2.21. The minimum atomic E-state index is -0.958. The number of methoxy groups -OCH3 is 1. The second kappa shape index (κ2) is 7.40. The molecule has 0 unspecified atom stereocenters. The van der Waals surface area contributed by atoms with Crippen LogP contribution >= 0.6 is 0 Å². The Morgan fingerprint density at radius 3 is 2.54 bits per heavy atom. The Morgan fingerprint density at radius 1 is 1.12 bits per heavy atom. The van der Waals surface area contributed by atoms with Gasteiger partial charge in [-0.2, -0.15) is 0 Å². The highest BCUT2D eigenvalue weighted by Gasteiger charge is 2.17. The molecule has 8 heteroatoms. The van der Waals surface area contributed by atoms with Gasteiger partial charge < -0.3 is 19.3 Å². The topological polar surface area (TPSA) is 82.1 Å². The summed E-state index contributed by atoms with van der Waals surface area (Å²) in [6.45, 7) is -0.654. The predicted molar refractivity (Wildman–Crippen MR) is 76.7 cm³/mol. The van der Waals surface area contributed by atoms with Gasteiger partial charge in [-0.05, 0) is 30.3 Å². The number of halogens is 2. The van der Waals surface area contributed by atoms with E-state index in [1.165, 1.54) is 18.2 Å². The van der Waals surface area contributed by atoms with Crippen molar-refractivity contribution in [2.75, 3.05) is 13.9 Å². The standard InChI is InChI=1S/C16H12F2O6/c1-22-16(21)10-3-2-4-13(14(10)18)23-8-24-15(20)9-5-6-11(17)12(19)7-9/h2-7,19H,8H2,1H3. The number of esters is 2. The lowest BCUT2D eigenvalue weighted by Crippen LogP contribution is -2.12. The van der Waals surface area contributed by atoms with Crippen molar-refractivity contribution in [1.82, 2.24) is 0 Å². The maximum Gasteiger partial charge on any atom is 0.341 e. The molecule has 2 aromatic carbocycles.